The van der Waals surface area contributed by atoms with Gasteiger partial charge in [0.05, 0.1) is 0 Å². The average molecular weight is 208 g/mol. The van der Waals surface area contributed by atoms with Gasteiger partial charge < -0.3 is 10.6 Å². The van der Waals surface area contributed by atoms with E-state index >= 15 is 0 Å². The zero-order valence-corrected chi connectivity index (χ0v) is 8.95. The Morgan fingerprint density at radius 3 is 2.67 bits per heavy atom. The Bertz CT molecular complexity index is 516. The molecule has 1 aromatic heterocycles. The van der Waals surface area contributed by atoms with Gasteiger partial charge in [0.1, 0.15) is 5.52 Å². The molecule has 0 aliphatic heterocycles. The largest absolute Gasteiger partial charge is 0.399 e. The van der Waals surface area contributed by atoms with Gasteiger partial charge in [0.25, 0.3) is 0 Å². The summed E-state index contributed by atoms with van der Waals surface area (Å²) < 4.78 is 15.2. The van der Waals surface area contributed by atoms with Gasteiger partial charge in [0.2, 0.25) is 0 Å². The fourth-order valence-corrected chi connectivity index (χ4v) is 1.70. The first-order valence-corrected chi connectivity index (χ1v) is 4.59. The molecule has 0 bridgehead atoms. The Morgan fingerprint density at radius 1 is 1.40 bits per heavy atom. The van der Waals surface area contributed by atoms with E-state index in [1.807, 2.05) is 19.0 Å². The molecule has 1 aromatic carbocycles. The van der Waals surface area contributed by atoms with E-state index in [0.29, 0.717) is 11.2 Å². The van der Waals surface area contributed by atoms with Crippen molar-refractivity contribution >= 4 is 22.4 Å². The highest BCUT2D eigenvalue weighted by Crippen LogP contribution is 2.28. The quantitative estimate of drug-likeness (QED) is 0.720. The Kier molecular flexibility index (Phi) is 2.03. The third kappa shape index (κ3) is 1.40. The molecule has 0 unspecified atom stereocenters. The lowest BCUT2D eigenvalue weighted by molar-refractivity contribution is 0.626. The number of anilines is 2. The first kappa shape index (κ1) is 9.76. The molecule has 0 aliphatic rings. The minimum Gasteiger partial charge on any atom is -0.399 e. The lowest BCUT2D eigenvalue weighted by atomic mass is 10.2. The standard InChI is InChI=1S/C10H13FN4/c1-14(2)10-7-4-6(12)5-8(11)9(7)15(3)13-10/h4-5H,12H2,1-3H3. The van der Waals surface area contributed by atoms with Gasteiger partial charge in [0.15, 0.2) is 11.6 Å². The number of aryl methyl sites for hydroxylation is 1. The highest BCUT2D eigenvalue weighted by Gasteiger charge is 2.14. The number of fused-ring (bicyclic) bond motifs is 1. The van der Waals surface area contributed by atoms with E-state index in [9.17, 15) is 4.39 Å². The zero-order valence-electron chi connectivity index (χ0n) is 8.95. The number of nitrogens with zero attached hydrogens (tertiary/aromatic N) is 3. The van der Waals surface area contributed by atoms with Crippen molar-refractivity contribution in [2.45, 2.75) is 0 Å². The highest BCUT2D eigenvalue weighted by molar-refractivity contribution is 5.93. The number of aromatic nitrogens is 2. The Morgan fingerprint density at radius 2 is 2.07 bits per heavy atom. The molecular formula is C10H13FN4. The van der Waals surface area contributed by atoms with Crippen LogP contribution in [0.1, 0.15) is 0 Å². The number of nitrogens with two attached hydrogens (primary N) is 1. The lowest BCUT2D eigenvalue weighted by Gasteiger charge is -2.08. The van der Waals surface area contributed by atoms with Crippen LogP contribution < -0.4 is 10.6 Å². The Labute approximate surface area is 87.1 Å². The third-order valence-electron chi connectivity index (χ3n) is 2.32. The van der Waals surface area contributed by atoms with Crippen LogP contribution in [0, 0.1) is 5.82 Å². The van der Waals surface area contributed by atoms with Crippen LogP contribution in [0.25, 0.3) is 10.9 Å². The lowest BCUT2D eigenvalue weighted by Crippen LogP contribution is -2.09. The first-order valence-electron chi connectivity index (χ1n) is 4.59. The molecule has 2 aromatic rings. The summed E-state index contributed by atoms with van der Waals surface area (Å²) in [6.07, 6.45) is 0. The predicted octanol–water partition coefficient (Wildman–Crippen LogP) is 1.36. The van der Waals surface area contributed by atoms with E-state index in [2.05, 4.69) is 5.10 Å². The summed E-state index contributed by atoms with van der Waals surface area (Å²) >= 11 is 0. The first-order chi connectivity index (χ1) is 7.00. The van der Waals surface area contributed by atoms with Crippen LogP contribution in [0.15, 0.2) is 12.1 Å². The molecule has 80 valence electrons. The minimum absolute atomic E-state index is 0.340. The van der Waals surface area contributed by atoms with Crippen LogP contribution in [0.4, 0.5) is 15.9 Å². The maximum Gasteiger partial charge on any atom is 0.158 e. The summed E-state index contributed by atoms with van der Waals surface area (Å²) in [6.45, 7) is 0. The molecule has 0 spiro atoms. The molecule has 0 aliphatic carbocycles. The van der Waals surface area contributed by atoms with Crippen molar-refractivity contribution in [3.63, 3.8) is 0 Å². The summed E-state index contributed by atoms with van der Waals surface area (Å²) in [7, 11) is 5.44. The summed E-state index contributed by atoms with van der Waals surface area (Å²) in [5.74, 6) is 0.381. The number of halogens is 1. The normalized spacial score (nSPS) is 10.9. The monoisotopic (exact) mass is 208 g/mol. The predicted molar refractivity (Wildman–Crippen MR) is 59.4 cm³/mol. The molecule has 2 N–H and O–H groups in total. The van der Waals surface area contributed by atoms with Crippen molar-refractivity contribution in [2.24, 2.45) is 7.05 Å². The Hall–Kier alpha value is -1.78. The molecule has 0 saturated heterocycles. The number of benzene rings is 1. The molecule has 5 heteroatoms. The number of hydrogen-bond acceptors (Lipinski definition) is 3. The number of rotatable bonds is 1. The second-order valence-corrected chi connectivity index (χ2v) is 3.74. The van der Waals surface area contributed by atoms with Gasteiger partial charge in [-0.2, -0.15) is 5.10 Å². The van der Waals surface area contributed by atoms with Crippen molar-refractivity contribution in [2.75, 3.05) is 24.7 Å². The summed E-state index contributed by atoms with van der Waals surface area (Å²) in [5.41, 5.74) is 6.50. The van der Waals surface area contributed by atoms with E-state index in [4.69, 9.17) is 5.73 Å². The van der Waals surface area contributed by atoms with E-state index in [0.717, 1.165) is 11.2 Å². The van der Waals surface area contributed by atoms with E-state index < -0.39 is 0 Å². The smallest absolute Gasteiger partial charge is 0.158 e. The fraction of sp³-hybridized carbons (Fsp3) is 0.300. The van der Waals surface area contributed by atoms with Gasteiger partial charge in [-0.1, -0.05) is 0 Å². The van der Waals surface area contributed by atoms with Crippen LogP contribution in [0.3, 0.4) is 0 Å². The SMILES string of the molecule is CN(C)c1nn(C)c2c(F)cc(N)cc12. The fourth-order valence-electron chi connectivity index (χ4n) is 1.70. The second kappa shape index (κ2) is 3.12. The number of nitrogen functional groups attached to an aromatic ring is 1. The van der Waals surface area contributed by atoms with Crippen molar-refractivity contribution in [1.82, 2.24) is 9.78 Å². The van der Waals surface area contributed by atoms with Crippen LogP contribution in [0.5, 0.6) is 0 Å². The zero-order chi connectivity index (χ0) is 11.2. The summed E-state index contributed by atoms with van der Waals surface area (Å²) in [5, 5.41) is 4.97. The van der Waals surface area contributed by atoms with Crippen LogP contribution >= 0.6 is 0 Å². The van der Waals surface area contributed by atoms with Crippen LogP contribution in [-0.4, -0.2) is 23.9 Å². The maximum atomic E-state index is 13.6. The summed E-state index contributed by atoms with van der Waals surface area (Å²) in [6, 6.07) is 3.05. The second-order valence-electron chi connectivity index (χ2n) is 3.74. The van der Waals surface area contributed by atoms with E-state index in [1.54, 1.807) is 13.1 Å². The van der Waals surface area contributed by atoms with Crippen molar-refractivity contribution < 1.29 is 4.39 Å². The minimum atomic E-state index is -0.340. The van der Waals surface area contributed by atoms with Gasteiger partial charge in [-0.05, 0) is 12.1 Å². The third-order valence-corrected chi connectivity index (χ3v) is 2.32. The van der Waals surface area contributed by atoms with Crippen LogP contribution in [-0.2, 0) is 7.05 Å². The molecule has 0 fully saturated rings. The topological polar surface area (TPSA) is 47.1 Å². The van der Waals surface area contributed by atoms with Crippen LogP contribution in [0.2, 0.25) is 0 Å². The van der Waals surface area contributed by atoms with Gasteiger partial charge in [-0.3, -0.25) is 4.68 Å². The molecule has 1 heterocycles. The highest BCUT2D eigenvalue weighted by atomic mass is 19.1. The van der Waals surface area contributed by atoms with E-state index in [1.165, 1.54) is 10.7 Å². The molecule has 0 radical (unpaired) electrons. The van der Waals surface area contributed by atoms with Crippen molar-refractivity contribution in [3.8, 4) is 0 Å². The number of hydrogen-bond donors (Lipinski definition) is 1. The van der Waals surface area contributed by atoms with Gasteiger partial charge in [-0.15, -0.1) is 0 Å². The van der Waals surface area contributed by atoms with Crippen molar-refractivity contribution in [1.29, 1.82) is 0 Å². The molecule has 0 saturated carbocycles. The maximum absolute atomic E-state index is 13.6. The van der Waals surface area contributed by atoms with Gasteiger partial charge in [0, 0.05) is 32.2 Å². The molecular weight excluding hydrogens is 195 g/mol. The Balaban J connectivity index is 2.87. The molecule has 4 nitrogen and oxygen atoms in total. The van der Waals surface area contributed by atoms with E-state index in [-0.39, 0.29) is 5.82 Å². The molecule has 2 rings (SSSR count). The molecule has 15 heavy (non-hydrogen) atoms. The van der Waals surface area contributed by atoms with Gasteiger partial charge in [-0.25, -0.2) is 4.39 Å². The molecule has 0 amide bonds. The molecule has 0 atom stereocenters. The van der Waals surface area contributed by atoms with Crippen molar-refractivity contribution in [3.05, 3.63) is 17.9 Å². The van der Waals surface area contributed by atoms with Gasteiger partial charge >= 0.3 is 0 Å². The average Bonchev–Trinajstić information content (AvgIpc) is 2.42. The summed E-state index contributed by atoms with van der Waals surface area (Å²) in [4.78, 5) is 1.83.